The average molecular weight is 166 g/mol. The number of hydrogen-bond acceptors (Lipinski definition) is 1. The van der Waals surface area contributed by atoms with E-state index in [9.17, 15) is 4.39 Å². The molecule has 0 heterocycles. The SMILES string of the molecule is COc1cc(F)cc(B(C)C)c1. The van der Waals surface area contributed by atoms with Gasteiger partial charge in [0, 0.05) is 6.07 Å². The van der Waals surface area contributed by atoms with Crippen molar-refractivity contribution in [1.29, 1.82) is 0 Å². The summed E-state index contributed by atoms with van der Waals surface area (Å²) in [5.74, 6) is 0.344. The van der Waals surface area contributed by atoms with Crippen molar-refractivity contribution in [3.63, 3.8) is 0 Å². The summed E-state index contributed by atoms with van der Waals surface area (Å²) in [5.41, 5.74) is 0.965. The minimum absolute atomic E-state index is 0.238. The van der Waals surface area contributed by atoms with Gasteiger partial charge in [0.05, 0.1) is 7.11 Å². The van der Waals surface area contributed by atoms with E-state index in [-0.39, 0.29) is 5.82 Å². The fourth-order valence-electron chi connectivity index (χ4n) is 1.04. The van der Waals surface area contributed by atoms with E-state index in [0.29, 0.717) is 12.5 Å². The van der Waals surface area contributed by atoms with Gasteiger partial charge in [-0.2, -0.15) is 0 Å². The molecule has 0 amide bonds. The van der Waals surface area contributed by atoms with Crippen LogP contribution in [0.4, 0.5) is 4.39 Å². The van der Waals surface area contributed by atoms with E-state index in [1.165, 1.54) is 12.1 Å². The molecule has 0 unspecified atom stereocenters. The van der Waals surface area contributed by atoms with E-state index >= 15 is 0 Å². The van der Waals surface area contributed by atoms with Gasteiger partial charge in [-0.1, -0.05) is 19.1 Å². The molecule has 0 spiro atoms. The van der Waals surface area contributed by atoms with E-state index in [1.54, 1.807) is 7.11 Å². The smallest absolute Gasteiger partial charge is 0.169 e. The fraction of sp³-hybridized carbons (Fsp3) is 0.333. The number of benzene rings is 1. The molecule has 64 valence electrons. The van der Waals surface area contributed by atoms with Crippen LogP contribution in [0.25, 0.3) is 0 Å². The minimum Gasteiger partial charge on any atom is -0.497 e. The summed E-state index contributed by atoms with van der Waals surface area (Å²) in [6, 6.07) is 4.77. The van der Waals surface area contributed by atoms with Crippen molar-refractivity contribution >= 4 is 12.2 Å². The van der Waals surface area contributed by atoms with Crippen molar-refractivity contribution in [1.82, 2.24) is 0 Å². The van der Waals surface area contributed by atoms with E-state index in [4.69, 9.17) is 4.74 Å². The van der Waals surface area contributed by atoms with Crippen molar-refractivity contribution in [2.45, 2.75) is 13.6 Å². The summed E-state index contributed by atoms with van der Waals surface area (Å²) in [7, 11) is 1.54. The molecule has 0 aliphatic rings. The van der Waals surface area contributed by atoms with Gasteiger partial charge in [0.2, 0.25) is 0 Å². The van der Waals surface area contributed by atoms with Crippen molar-refractivity contribution in [3.8, 4) is 5.75 Å². The van der Waals surface area contributed by atoms with Crippen LogP contribution in [-0.2, 0) is 0 Å². The number of halogens is 1. The highest BCUT2D eigenvalue weighted by Crippen LogP contribution is 2.10. The van der Waals surface area contributed by atoms with Gasteiger partial charge >= 0.3 is 0 Å². The zero-order chi connectivity index (χ0) is 9.14. The molecule has 0 aromatic heterocycles. The topological polar surface area (TPSA) is 9.23 Å². The van der Waals surface area contributed by atoms with Crippen LogP contribution in [0, 0.1) is 5.82 Å². The second-order valence-electron chi connectivity index (χ2n) is 3.08. The van der Waals surface area contributed by atoms with E-state index in [2.05, 4.69) is 0 Å². The summed E-state index contributed by atoms with van der Waals surface area (Å²) in [4.78, 5) is 0. The van der Waals surface area contributed by atoms with E-state index < -0.39 is 0 Å². The average Bonchev–Trinajstić information content (AvgIpc) is 2.03. The van der Waals surface area contributed by atoms with Crippen LogP contribution < -0.4 is 10.2 Å². The Morgan fingerprint density at radius 3 is 2.42 bits per heavy atom. The fourth-order valence-corrected chi connectivity index (χ4v) is 1.04. The predicted octanol–water partition coefficient (Wildman–Crippen LogP) is 1.80. The van der Waals surface area contributed by atoms with Crippen molar-refractivity contribution in [2.24, 2.45) is 0 Å². The first-order chi connectivity index (χ1) is 5.63. The van der Waals surface area contributed by atoms with Crippen molar-refractivity contribution in [3.05, 3.63) is 24.0 Å². The Kier molecular flexibility index (Phi) is 2.74. The second-order valence-corrected chi connectivity index (χ2v) is 3.08. The molecule has 0 bridgehead atoms. The molecule has 1 aromatic rings. The monoisotopic (exact) mass is 166 g/mol. The highest BCUT2D eigenvalue weighted by molar-refractivity contribution is 6.70. The Bertz CT molecular complexity index is 273. The summed E-state index contributed by atoms with van der Waals surface area (Å²) in [6.07, 6.45) is 0. The van der Waals surface area contributed by atoms with Crippen LogP contribution in [0.2, 0.25) is 13.6 Å². The molecule has 0 aliphatic carbocycles. The summed E-state index contributed by atoms with van der Waals surface area (Å²) in [5, 5.41) is 0. The number of hydrogen-bond donors (Lipinski definition) is 0. The van der Waals surface area contributed by atoms with Crippen molar-refractivity contribution < 1.29 is 9.13 Å². The maximum absolute atomic E-state index is 12.9. The lowest BCUT2D eigenvalue weighted by Crippen LogP contribution is -2.22. The van der Waals surface area contributed by atoms with Gasteiger partial charge in [-0.15, -0.1) is 0 Å². The van der Waals surface area contributed by atoms with Gasteiger partial charge in [-0.25, -0.2) is 4.39 Å². The quantitative estimate of drug-likeness (QED) is 0.608. The lowest BCUT2D eigenvalue weighted by Gasteiger charge is -2.05. The lowest BCUT2D eigenvalue weighted by atomic mass is 9.49. The molecule has 1 rings (SSSR count). The highest BCUT2D eigenvalue weighted by Gasteiger charge is 2.06. The molecule has 0 radical (unpaired) electrons. The van der Waals surface area contributed by atoms with Crippen LogP contribution in [-0.4, -0.2) is 13.8 Å². The van der Waals surface area contributed by atoms with Gasteiger partial charge < -0.3 is 4.74 Å². The molecule has 0 N–H and O–H groups in total. The third kappa shape index (κ3) is 2.00. The van der Waals surface area contributed by atoms with Crippen LogP contribution in [0.1, 0.15) is 0 Å². The lowest BCUT2D eigenvalue weighted by molar-refractivity contribution is 0.412. The molecule has 1 nitrogen and oxygen atoms in total. The molecule has 12 heavy (non-hydrogen) atoms. The Labute approximate surface area is 72.6 Å². The summed E-state index contributed by atoms with van der Waals surface area (Å²) < 4.78 is 17.8. The van der Waals surface area contributed by atoms with Gasteiger partial charge in [-0.3, -0.25) is 0 Å². The Balaban J connectivity index is 3.06. The number of ether oxygens (including phenoxy) is 1. The third-order valence-corrected chi connectivity index (χ3v) is 1.80. The first kappa shape index (κ1) is 9.11. The normalized spacial score (nSPS) is 9.67. The molecule has 0 fully saturated rings. The summed E-state index contributed by atoms with van der Waals surface area (Å²) in [6.45, 7) is 4.37. The molecule has 0 saturated carbocycles. The Morgan fingerprint density at radius 1 is 1.25 bits per heavy atom. The molecule has 0 aliphatic heterocycles. The second kappa shape index (κ2) is 3.61. The molecular formula is C9H12BFO. The van der Waals surface area contributed by atoms with E-state index in [1.807, 2.05) is 19.7 Å². The van der Waals surface area contributed by atoms with Crippen LogP contribution in [0.15, 0.2) is 18.2 Å². The Hall–Kier alpha value is -0.985. The first-order valence-corrected chi connectivity index (χ1v) is 3.98. The van der Waals surface area contributed by atoms with Crippen molar-refractivity contribution in [2.75, 3.05) is 7.11 Å². The highest BCUT2D eigenvalue weighted by atomic mass is 19.1. The number of methoxy groups -OCH3 is 1. The third-order valence-electron chi connectivity index (χ3n) is 1.80. The largest absolute Gasteiger partial charge is 0.497 e. The van der Waals surface area contributed by atoms with Gasteiger partial charge in [0.1, 0.15) is 11.6 Å². The van der Waals surface area contributed by atoms with Gasteiger partial charge in [0.15, 0.2) is 6.71 Å². The molecule has 0 atom stereocenters. The van der Waals surface area contributed by atoms with Gasteiger partial charge in [-0.05, 0) is 12.1 Å². The van der Waals surface area contributed by atoms with Crippen LogP contribution >= 0.6 is 0 Å². The number of rotatable bonds is 2. The maximum Gasteiger partial charge on any atom is 0.169 e. The maximum atomic E-state index is 12.9. The molecular weight excluding hydrogens is 154 g/mol. The predicted molar refractivity (Wildman–Crippen MR) is 50.1 cm³/mol. The van der Waals surface area contributed by atoms with Crippen LogP contribution in [0.3, 0.4) is 0 Å². The molecule has 1 aromatic carbocycles. The summed E-state index contributed by atoms with van der Waals surface area (Å²) >= 11 is 0. The van der Waals surface area contributed by atoms with Gasteiger partial charge in [0.25, 0.3) is 0 Å². The first-order valence-electron chi connectivity index (χ1n) is 3.98. The zero-order valence-electron chi connectivity index (χ0n) is 7.60. The Morgan fingerprint density at radius 2 is 1.92 bits per heavy atom. The minimum atomic E-state index is -0.238. The molecule has 0 saturated heterocycles. The zero-order valence-corrected chi connectivity index (χ0v) is 7.60. The van der Waals surface area contributed by atoms with E-state index in [0.717, 1.165) is 5.46 Å². The van der Waals surface area contributed by atoms with Crippen LogP contribution in [0.5, 0.6) is 5.75 Å². The standard InChI is InChI=1S/C9H12BFO/c1-10(2)7-4-8(11)6-9(5-7)12-3/h4-6H,1-3H3. The molecule has 3 heteroatoms.